The maximum Gasteiger partial charge on any atom is 0.243 e. The summed E-state index contributed by atoms with van der Waals surface area (Å²) >= 11 is 5.90. The molecule has 21 heavy (non-hydrogen) atoms. The van der Waals surface area contributed by atoms with Crippen LogP contribution >= 0.6 is 11.6 Å². The minimum Gasteiger partial charge on any atom is -0.392 e. The van der Waals surface area contributed by atoms with E-state index in [1.54, 1.807) is 6.20 Å². The Hall–Kier alpha value is -1.41. The third kappa shape index (κ3) is 2.57. The second kappa shape index (κ2) is 5.42. The van der Waals surface area contributed by atoms with Crippen LogP contribution in [0.5, 0.6) is 0 Å². The molecular formula is C13H14ClN3O3S. The minimum atomic E-state index is -3.62. The molecule has 0 bridgehead atoms. The molecule has 0 spiro atoms. The van der Waals surface area contributed by atoms with Gasteiger partial charge in [-0.15, -0.1) is 0 Å². The standard InChI is InChI=1S/C13H14ClN3O3S/c14-12-2-1-11(7-10(12)9-18)21(19,20)17-6-5-16-4-3-15-13(16)8-17/h1-4,7,18H,5-6,8-9H2. The predicted molar refractivity (Wildman–Crippen MR) is 77.2 cm³/mol. The number of fused-ring (bicyclic) bond motifs is 1. The van der Waals surface area contributed by atoms with Gasteiger partial charge in [-0.2, -0.15) is 4.31 Å². The van der Waals surface area contributed by atoms with E-state index >= 15 is 0 Å². The van der Waals surface area contributed by atoms with Crippen LogP contribution in [0.4, 0.5) is 0 Å². The fourth-order valence-corrected chi connectivity index (χ4v) is 3.95. The minimum absolute atomic E-state index is 0.135. The van der Waals surface area contributed by atoms with Crippen LogP contribution in [0.2, 0.25) is 5.02 Å². The van der Waals surface area contributed by atoms with Crippen molar-refractivity contribution in [3.05, 3.63) is 47.0 Å². The average Bonchev–Trinajstić information content (AvgIpc) is 2.94. The van der Waals surface area contributed by atoms with Gasteiger partial charge in [0.1, 0.15) is 5.82 Å². The number of halogens is 1. The molecule has 0 radical (unpaired) electrons. The van der Waals surface area contributed by atoms with Gasteiger partial charge in [0.2, 0.25) is 10.0 Å². The van der Waals surface area contributed by atoms with Crippen LogP contribution in [-0.2, 0) is 29.7 Å². The van der Waals surface area contributed by atoms with E-state index < -0.39 is 10.0 Å². The predicted octanol–water partition coefficient (Wildman–Crippen LogP) is 1.23. The number of benzene rings is 1. The molecule has 0 unspecified atom stereocenters. The number of hydrogen-bond donors (Lipinski definition) is 1. The Labute approximate surface area is 127 Å². The van der Waals surface area contributed by atoms with E-state index in [1.807, 2.05) is 10.8 Å². The zero-order chi connectivity index (χ0) is 15.0. The summed E-state index contributed by atoms with van der Waals surface area (Å²) in [4.78, 5) is 4.29. The summed E-state index contributed by atoms with van der Waals surface area (Å²) in [6.07, 6.45) is 3.50. The van der Waals surface area contributed by atoms with E-state index in [4.69, 9.17) is 11.6 Å². The van der Waals surface area contributed by atoms with E-state index in [1.165, 1.54) is 22.5 Å². The van der Waals surface area contributed by atoms with E-state index in [0.717, 1.165) is 5.82 Å². The lowest BCUT2D eigenvalue weighted by Crippen LogP contribution is -2.38. The maximum absolute atomic E-state index is 12.7. The number of nitrogens with zero attached hydrogens (tertiary/aromatic N) is 3. The highest BCUT2D eigenvalue weighted by Gasteiger charge is 2.29. The highest BCUT2D eigenvalue weighted by Crippen LogP contribution is 2.25. The molecule has 3 rings (SSSR count). The second-order valence-electron chi connectivity index (χ2n) is 4.79. The van der Waals surface area contributed by atoms with Crippen molar-refractivity contribution in [1.29, 1.82) is 0 Å². The first-order valence-electron chi connectivity index (χ1n) is 6.42. The SMILES string of the molecule is O=S(=O)(c1ccc(Cl)c(CO)c1)N1CCn2ccnc2C1. The number of aromatic nitrogens is 2. The Morgan fingerprint density at radius 1 is 1.33 bits per heavy atom. The quantitative estimate of drug-likeness (QED) is 0.920. The molecule has 1 aliphatic heterocycles. The number of aliphatic hydroxyl groups is 1. The zero-order valence-corrected chi connectivity index (χ0v) is 12.7. The molecule has 0 fully saturated rings. The lowest BCUT2D eigenvalue weighted by Gasteiger charge is -2.27. The van der Waals surface area contributed by atoms with Gasteiger partial charge in [0.25, 0.3) is 0 Å². The first-order valence-corrected chi connectivity index (χ1v) is 8.23. The van der Waals surface area contributed by atoms with Crippen LogP contribution < -0.4 is 0 Å². The van der Waals surface area contributed by atoms with Crippen LogP contribution in [-0.4, -0.2) is 33.9 Å². The normalized spacial score (nSPS) is 15.9. The summed E-state index contributed by atoms with van der Waals surface area (Å²) in [6.45, 7) is 0.913. The molecule has 1 aliphatic rings. The summed E-state index contributed by atoms with van der Waals surface area (Å²) in [7, 11) is -3.62. The van der Waals surface area contributed by atoms with Crippen molar-refractivity contribution in [2.75, 3.05) is 6.54 Å². The summed E-state index contributed by atoms with van der Waals surface area (Å²) in [5.74, 6) is 0.723. The van der Waals surface area contributed by atoms with Crippen molar-refractivity contribution in [2.45, 2.75) is 24.6 Å². The number of aliphatic hydroxyl groups excluding tert-OH is 1. The van der Waals surface area contributed by atoms with Crippen molar-refractivity contribution in [3.63, 3.8) is 0 Å². The van der Waals surface area contributed by atoms with E-state index in [0.29, 0.717) is 23.7 Å². The van der Waals surface area contributed by atoms with Gasteiger partial charge in [-0.05, 0) is 23.8 Å². The van der Waals surface area contributed by atoms with Gasteiger partial charge in [-0.25, -0.2) is 13.4 Å². The molecule has 0 atom stereocenters. The Kier molecular flexibility index (Phi) is 3.75. The first kappa shape index (κ1) is 14.5. The van der Waals surface area contributed by atoms with Gasteiger partial charge in [0, 0.05) is 30.5 Å². The van der Waals surface area contributed by atoms with Gasteiger partial charge in [-0.1, -0.05) is 11.6 Å². The van der Waals surface area contributed by atoms with Crippen molar-refractivity contribution >= 4 is 21.6 Å². The van der Waals surface area contributed by atoms with E-state index in [-0.39, 0.29) is 18.0 Å². The van der Waals surface area contributed by atoms with Crippen LogP contribution in [0, 0.1) is 0 Å². The molecule has 1 aromatic heterocycles. The average molecular weight is 328 g/mol. The second-order valence-corrected chi connectivity index (χ2v) is 7.13. The number of sulfonamides is 1. The van der Waals surface area contributed by atoms with Gasteiger partial charge < -0.3 is 9.67 Å². The Balaban J connectivity index is 1.94. The molecule has 1 aromatic carbocycles. The lowest BCUT2D eigenvalue weighted by atomic mass is 10.2. The smallest absolute Gasteiger partial charge is 0.243 e. The maximum atomic E-state index is 12.7. The molecule has 112 valence electrons. The molecule has 2 heterocycles. The summed E-state index contributed by atoms with van der Waals surface area (Å²) in [5.41, 5.74) is 0.399. The topological polar surface area (TPSA) is 75.4 Å². The van der Waals surface area contributed by atoms with Crippen molar-refractivity contribution in [2.24, 2.45) is 0 Å². The van der Waals surface area contributed by atoms with Crippen molar-refractivity contribution < 1.29 is 13.5 Å². The number of imidazole rings is 1. The Bertz CT molecular complexity index is 773. The van der Waals surface area contributed by atoms with E-state index in [2.05, 4.69) is 4.98 Å². The fraction of sp³-hybridized carbons (Fsp3) is 0.308. The highest BCUT2D eigenvalue weighted by atomic mass is 35.5. The highest BCUT2D eigenvalue weighted by molar-refractivity contribution is 7.89. The Morgan fingerprint density at radius 3 is 2.90 bits per heavy atom. The van der Waals surface area contributed by atoms with Crippen LogP contribution in [0.15, 0.2) is 35.5 Å². The molecule has 2 aromatic rings. The molecule has 0 saturated carbocycles. The third-order valence-electron chi connectivity index (χ3n) is 3.54. The van der Waals surface area contributed by atoms with Gasteiger partial charge in [0.05, 0.1) is 18.0 Å². The van der Waals surface area contributed by atoms with Crippen molar-refractivity contribution in [1.82, 2.24) is 13.9 Å². The van der Waals surface area contributed by atoms with Crippen LogP contribution in [0.25, 0.3) is 0 Å². The molecule has 1 N–H and O–H groups in total. The third-order valence-corrected chi connectivity index (χ3v) is 5.74. The first-order chi connectivity index (χ1) is 10.0. The molecule has 8 heteroatoms. The number of rotatable bonds is 3. The summed E-state index contributed by atoms with van der Waals surface area (Å²) in [6, 6.07) is 4.36. The molecule has 0 saturated heterocycles. The zero-order valence-electron chi connectivity index (χ0n) is 11.1. The fourth-order valence-electron chi connectivity index (χ4n) is 2.34. The summed E-state index contributed by atoms with van der Waals surface area (Å²) in [5, 5.41) is 9.57. The largest absolute Gasteiger partial charge is 0.392 e. The molecule has 0 amide bonds. The van der Waals surface area contributed by atoms with Crippen LogP contribution in [0.3, 0.4) is 0 Å². The molecule has 0 aliphatic carbocycles. The van der Waals surface area contributed by atoms with E-state index in [9.17, 15) is 13.5 Å². The van der Waals surface area contributed by atoms with Gasteiger partial charge >= 0.3 is 0 Å². The van der Waals surface area contributed by atoms with Crippen LogP contribution in [0.1, 0.15) is 11.4 Å². The van der Waals surface area contributed by atoms with Gasteiger partial charge in [-0.3, -0.25) is 0 Å². The molecular weight excluding hydrogens is 314 g/mol. The lowest BCUT2D eigenvalue weighted by molar-refractivity contribution is 0.281. The number of hydrogen-bond acceptors (Lipinski definition) is 4. The summed E-state index contributed by atoms with van der Waals surface area (Å²) < 4.78 is 28.7. The monoisotopic (exact) mass is 327 g/mol. The van der Waals surface area contributed by atoms with Gasteiger partial charge in [0.15, 0.2) is 0 Å². The molecule has 6 nitrogen and oxygen atoms in total. The Morgan fingerprint density at radius 2 is 2.14 bits per heavy atom. The van der Waals surface area contributed by atoms with Crippen molar-refractivity contribution in [3.8, 4) is 0 Å².